The molecule has 18 heavy (non-hydrogen) atoms. The quantitative estimate of drug-likeness (QED) is 0.803. The van der Waals surface area contributed by atoms with E-state index in [4.69, 9.17) is 4.74 Å². The van der Waals surface area contributed by atoms with Gasteiger partial charge in [-0.2, -0.15) is 0 Å². The molecule has 0 saturated heterocycles. The minimum absolute atomic E-state index is 0.591. The summed E-state index contributed by atoms with van der Waals surface area (Å²) in [7, 11) is 0. The number of hydrogen-bond donors (Lipinski definition) is 1. The number of benzene rings is 1. The van der Waals surface area contributed by atoms with Crippen molar-refractivity contribution in [1.82, 2.24) is 4.98 Å². The molecule has 0 aliphatic heterocycles. The lowest BCUT2D eigenvalue weighted by Crippen LogP contribution is -2.12. The third-order valence-electron chi connectivity index (χ3n) is 2.21. The summed E-state index contributed by atoms with van der Waals surface area (Å²) in [5, 5.41) is 3.21. The average molecular weight is 372 g/mol. The Morgan fingerprint density at radius 2 is 1.94 bits per heavy atom. The first-order chi connectivity index (χ1) is 8.75. The molecule has 1 heterocycles. The Kier molecular flexibility index (Phi) is 5.01. The van der Waals surface area contributed by atoms with Crippen molar-refractivity contribution < 1.29 is 4.74 Å². The monoisotopic (exact) mass is 370 g/mol. The van der Waals surface area contributed by atoms with E-state index >= 15 is 0 Å². The van der Waals surface area contributed by atoms with Crippen LogP contribution in [-0.2, 0) is 0 Å². The molecule has 0 aliphatic carbocycles. The number of anilines is 1. The summed E-state index contributed by atoms with van der Waals surface area (Å²) in [6.07, 6.45) is 1.76. The van der Waals surface area contributed by atoms with Crippen molar-refractivity contribution in [2.75, 3.05) is 18.5 Å². The molecule has 0 atom stereocenters. The van der Waals surface area contributed by atoms with Gasteiger partial charge in [0.2, 0.25) is 0 Å². The van der Waals surface area contributed by atoms with Crippen molar-refractivity contribution in [1.29, 1.82) is 0 Å². The lowest BCUT2D eigenvalue weighted by molar-refractivity contribution is 0.332. The Morgan fingerprint density at radius 3 is 2.67 bits per heavy atom. The summed E-state index contributed by atoms with van der Waals surface area (Å²) in [6, 6.07) is 11.7. The van der Waals surface area contributed by atoms with Crippen molar-refractivity contribution in [3.63, 3.8) is 0 Å². The second-order valence-electron chi connectivity index (χ2n) is 3.57. The molecule has 0 fully saturated rings. The number of hydrogen-bond acceptors (Lipinski definition) is 3. The normalized spacial score (nSPS) is 10.1. The van der Waals surface area contributed by atoms with Crippen LogP contribution in [0.1, 0.15) is 0 Å². The summed E-state index contributed by atoms with van der Waals surface area (Å²) in [4.78, 5) is 4.26. The molecule has 94 valence electrons. The van der Waals surface area contributed by atoms with Gasteiger partial charge in [0.1, 0.15) is 18.2 Å². The van der Waals surface area contributed by atoms with E-state index < -0.39 is 0 Å². The molecule has 1 aromatic carbocycles. The second-order valence-corrected chi connectivity index (χ2v) is 5.34. The van der Waals surface area contributed by atoms with E-state index in [-0.39, 0.29) is 0 Å². The Hall–Kier alpha value is -1.07. The first kappa shape index (κ1) is 13.4. The molecule has 0 bridgehead atoms. The van der Waals surface area contributed by atoms with E-state index in [9.17, 15) is 0 Å². The van der Waals surface area contributed by atoms with Gasteiger partial charge in [-0.15, -0.1) is 0 Å². The van der Waals surface area contributed by atoms with E-state index in [1.54, 1.807) is 6.20 Å². The summed E-state index contributed by atoms with van der Waals surface area (Å²) in [5.74, 6) is 1.69. The Labute approximate surface area is 123 Å². The molecular formula is C13H12Br2N2O. The number of aromatic nitrogens is 1. The zero-order valence-electron chi connectivity index (χ0n) is 9.57. The number of nitrogens with one attached hydrogen (secondary N) is 1. The first-order valence-corrected chi connectivity index (χ1v) is 7.07. The molecular weight excluding hydrogens is 360 g/mol. The third-order valence-corrected chi connectivity index (χ3v) is 3.25. The van der Waals surface area contributed by atoms with Crippen molar-refractivity contribution in [2.45, 2.75) is 0 Å². The second kappa shape index (κ2) is 6.75. The largest absolute Gasteiger partial charge is 0.492 e. The minimum Gasteiger partial charge on any atom is -0.492 e. The fourth-order valence-electron chi connectivity index (χ4n) is 1.40. The standard InChI is InChI=1S/C13H12Br2N2O/c14-10-8-12(15)13(17-9-10)16-6-7-18-11-4-2-1-3-5-11/h1-5,8-9H,6-7H2,(H,16,17). The van der Waals surface area contributed by atoms with Gasteiger partial charge in [-0.05, 0) is 50.1 Å². The predicted molar refractivity (Wildman–Crippen MR) is 80.1 cm³/mol. The summed E-state index contributed by atoms with van der Waals surface area (Å²) >= 11 is 6.81. The van der Waals surface area contributed by atoms with E-state index in [0.717, 1.165) is 20.5 Å². The van der Waals surface area contributed by atoms with Crippen molar-refractivity contribution in [3.8, 4) is 5.75 Å². The Morgan fingerprint density at radius 1 is 1.17 bits per heavy atom. The van der Waals surface area contributed by atoms with E-state index in [1.165, 1.54) is 0 Å². The highest BCUT2D eigenvalue weighted by Gasteiger charge is 2.01. The molecule has 3 nitrogen and oxygen atoms in total. The summed E-state index contributed by atoms with van der Waals surface area (Å²) < 4.78 is 7.45. The maximum Gasteiger partial charge on any atom is 0.140 e. The van der Waals surface area contributed by atoms with Gasteiger partial charge in [-0.25, -0.2) is 4.98 Å². The molecule has 0 aliphatic rings. The molecule has 0 unspecified atom stereocenters. The number of halogens is 2. The highest BCUT2D eigenvalue weighted by molar-refractivity contribution is 9.11. The number of nitrogens with zero attached hydrogens (tertiary/aromatic N) is 1. The number of rotatable bonds is 5. The smallest absolute Gasteiger partial charge is 0.140 e. The Balaban J connectivity index is 1.79. The van der Waals surface area contributed by atoms with Crippen molar-refractivity contribution in [2.24, 2.45) is 0 Å². The molecule has 0 saturated carbocycles. The third kappa shape index (κ3) is 3.99. The maximum atomic E-state index is 5.58. The van der Waals surface area contributed by atoms with Gasteiger partial charge < -0.3 is 10.1 Å². The van der Waals surface area contributed by atoms with Crippen molar-refractivity contribution in [3.05, 3.63) is 51.5 Å². The average Bonchev–Trinajstić information content (AvgIpc) is 2.38. The van der Waals surface area contributed by atoms with Gasteiger partial charge >= 0.3 is 0 Å². The molecule has 2 aromatic rings. The minimum atomic E-state index is 0.591. The van der Waals surface area contributed by atoms with Gasteiger partial charge in [0.15, 0.2) is 0 Å². The Bertz CT molecular complexity index is 506. The number of pyridine rings is 1. The molecule has 0 radical (unpaired) electrons. The van der Waals surface area contributed by atoms with Crippen LogP contribution in [0.5, 0.6) is 5.75 Å². The lowest BCUT2D eigenvalue weighted by atomic mass is 10.3. The fraction of sp³-hybridized carbons (Fsp3) is 0.154. The molecule has 0 amide bonds. The van der Waals surface area contributed by atoms with Crippen LogP contribution >= 0.6 is 31.9 Å². The van der Waals surface area contributed by atoms with Crippen LogP contribution < -0.4 is 10.1 Å². The van der Waals surface area contributed by atoms with E-state index in [1.807, 2.05) is 36.4 Å². The molecule has 0 spiro atoms. The number of ether oxygens (including phenoxy) is 1. The zero-order valence-corrected chi connectivity index (χ0v) is 12.7. The zero-order chi connectivity index (χ0) is 12.8. The molecule has 1 aromatic heterocycles. The van der Waals surface area contributed by atoms with Crippen LogP contribution in [-0.4, -0.2) is 18.1 Å². The fourth-order valence-corrected chi connectivity index (χ4v) is 2.53. The van der Waals surface area contributed by atoms with E-state index in [2.05, 4.69) is 42.2 Å². The summed E-state index contributed by atoms with van der Waals surface area (Å²) in [5.41, 5.74) is 0. The SMILES string of the molecule is Brc1cnc(NCCOc2ccccc2)c(Br)c1. The highest BCUT2D eigenvalue weighted by Crippen LogP contribution is 2.23. The number of para-hydroxylation sites is 1. The lowest BCUT2D eigenvalue weighted by Gasteiger charge is -2.09. The van der Waals surface area contributed by atoms with Gasteiger partial charge in [-0.3, -0.25) is 0 Å². The molecule has 1 N–H and O–H groups in total. The first-order valence-electron chi connectivity index (χ1n) is 5.48. The highest BCUT2D eigenvalue weighted by atomic mass is 79.9. The van der Waals surface area contributed by atoms with E-state index in [0.29, 0.717) is 13.2 Å². The van der Waals surface area contributed by atoms with Crippen molar-refractivity contribution >= 4 is 37.7 Å². The topological polar surface area (TPSA) is 34.2 Å². The van der Waals surface area contributed by atoms with Gasteiger partial charge in [0, 0.05) is 10.7 Å². The molecule has 5 heteroatoms. The predicted octanol–water partition coefficient (Wildman–Crippen LogP) is 4.10. The maximum absolute atomic E-state index is 5.58. The van der Waals surface area contributed by atoms with Gasteiger partial charge in [0.25, 0.3) is 0 Å². The van der Waals surface area contributed by atoms with Crippen LogP contribution in [0.4, 0.5) is 5.82 Å². The van der Waals surface area contributed by atoms with Crippen LogP contribution in [0.25, 0.3) is 0 Å². The summed E-state index contributed by atoms with van der Waals surface area (Å²) in [6.45, 7) is 1.29. The van der Waals surface area contributed by atoms with Crippen LogP contribution in [0.2, 0.25) is 0 Å². The molecule has 2 rings (SSSR count). The van der Waals surface area contributed by atoms with Crippen LogP contribution in [0.3, 0.4) is 0 Å². The van der Waals surface area contributed by atoms with Gasteiger partial charge in [-0.1, -0.05) is 18.2 Å². The van der Waals surface area contributed by atoms with Crippen LogP contribution in [0, 0.1) is 0 Å². The van der Waals surface area contributed by atoms with Crippen LogP contribution in [0.15, 0.2) is 51.5 Å². The van der Waals surface area contributed by atoms with Gasteiger partial charge in [0.05, 0.1) is 11.0 Å².